The molecule has 194 valence electrons. The molecule has 0 amide bonds. The van der Waals surface area contributed by atoms with Crippen molar-refractivity contribution >= 4 is 86.8 Å². The summed E-state index contributed by atoms with van der Waals surface area (Å²) < 4.78 is 8.83. The van der Waals surface area contributed by atoms with Crippen LogP contribution in [0, 0.1) is 0 Å². The van der Waals surface area contributed by atoms with Gasteiger partial charge in [0.25, 0.3) is 0 Å². The second-order valence-corrected chi connectivity index (χ2v) is 11.3. The minimum Gasteiger partial charge on any atom is -0.456 e. The number of fused-ring (bicyclic) bond motifs is 14. The molecule has 2 heteroatoms. The largest absolute Gasteiger partial charge is 0.456 e. The molecule has 0 atom stereocenters. The maximum atomic E-state index is 6.37. The Morgan fingerprint density at radius 3 is 1.90 bits per heavy atom. The van der Waals surface area contributed by atoms with Crippen LogP contribution in [0.25, 0.3) is 92.5 Å². The van der Waals surface area contributed by atoms with Crippen molar-refractivity contribution in [2.24, 2.45) is 0 Å². The zero-order valence-corrected chi connectivity index (χ0v) is 22.6. The second kappa shape index (κ2) is 7.99. The van der Waals surface area contributed by atoms with E-state index in [0.717, 1.165) is 27.6 Å². The summed E-state index contributed by atoms with van der Waals surface area (Å²) in [5.74, 6) is 0. The van der Waals surface area contributed by atoms with Gasteiger partial charge in [0.2, 0.25) is 0 Å². The number of aromatic nitrogens is 1. The average molecular weight is 534 g/mol. The molecule has 10 rings (SSSR count). The Hall–Kier alpha value is -5.60. The zero-order chi connectivity index (χ0) is 27.4. The van der Waals surface area contributed by atoms with Gasteiger partial charge in [0.15, 0.2) is 0 Å². The highest BCUT2D eigenvalue weighted by atomic mass is 16.3. The summed E-state index contributed by atoms with van der Waals surface area (Å²) in [6.45, 7) is 0. The van der Waals surface area contributed by atoms with Crippen LogP contribution in [0.3, 0.4) is 0 Å². The first kappa shape index (κ1) is 22.1. The van der Waals surface area contributed by atoms with Gasteiger partial charge in [-0.3, -0.25) is 0 Å². The van der Waals surface area contributed by atoms with Crippen LogP contribution < -0.4 is 0 Å². The van der Waals surface area contributed by atoms with Gasteiger partial charge in [-0.15, -0.1) is 0 Å². The molecule has 0 radical (unpaired) electrons. The van der Waals surface area contributed by atoms with Crippen molar-refractivity contribution in [2.45, 2.75) is 0 Å². The van der Waals surface area contributed by atoms with Crippen molar-refractivity contribution in [3.63, 3.8) is 0 Å². The molecule has 0 saturated heterocycles. The van der Waals surface area contributed by atoms with Crippen LogP contribution in [0.5, 0.6) is 0 Å². The molecule has 8 aromatic carbocycles. The van der Waals surface area contributed by atoms with Gasteiger partial charge < -0.3 is 8.98 Å². The van der Waals surface area contributed by atoms with Crippen molar-refractivity contribution in [3.05, 3.63) is 140 Å². The van der Waals surface area contributed by atoms with Crippen LogP contribution in [0.4, 0.5) is 0 Å². The third kappa shape index (κ3) is 2.83. The van der Waals surface area contributed by atoms with E-state index < -0.39 is 0 Å². The molecule has 0 aliphatic rings. The van der Waals surface area contributed by atoms with Crippen molar-refractivity contribution in [1.82, 2.24) is 4.57 Å². The summed E-state index contributed by atoms with van der Waals surface area (Å²) in [7, 11) is 0. The van der Waals surface area contributed by atoms with E-state index in [4.69, 9.17) is 4.42 Å². The van der Waals surface area contributed by atoms with Gasteiger partial charge in [0.05, 0.1) is 11.0 Å². The quantitative estimate of drug-likeness (QED) is 0.192. The standard InChI is InChI=1S/C40H23NO/c1-2-11-26-22-37-33(21-25(26)10-1)34-23-27(18-20-36(34)42-37)41-35-16-8-7-15-31(35)39-32-19-17-24-9-3-4-12-28(24)38(32)29-13-5-6-14-30(29)40(39)41/h1-23H. The van der Waals surface area contributed by atoms with Crippen LogP contribution >= 0.6 is 0 Å². The summed E-state index contributed by atoms with van der Waals surface area (Å²) in [4.78, 5) is 0. The number of rotatable bonds is 1. The zero-order valence-electron chi connectivity index (χ0n) is 22.6. The summed E-state index contributed by atoms with van der Waals surface area (Å²) >= 11 is 0. The predicted molar refractivity (Wildman–Crippen MR) is 178 cm³/mol. The van der Waals surface area contributed by atoms with Gasteiger partial charge in [0.1, 0.15) is 11.2 Å². The van der Waals surface area contributed by atoms with E-state index >= 15 is 0 Å². The minimum atomic E-state index is 0.909. The van der Waals surface area contributed by atoms with E-state index in [1.54, 1.807) is 0 Å². The number of hydrogen-bond acceptors (Lipinski definition) is 1. The van der Waals surface area contributed by atoms with E-state index in [2.05, 4.69) is 144 Å². The molecular weight excluding hydrogens is 510 g/mol. The van der Waals surface area contributed by atoms with Crippen LogP contribution in [-0.4, -0.2) is 4.57 Å². The predicted octanol–water partition coefficient (Wildman–Crippen LogP) is 11.3. The minimum absolute atomic E-state index is 0.909. The van der Waals surface area contributed by atoms with Gasteiger partial charge in [-0.05, 0) is 74.1 Å². The third-order valence-corrected chi connectivity index (χ3v) is 9.10. The van der Waals surface area contributed by atoms with Crippen LogP contribution in [-0.2, 0) is 0 Å². The van der Waals surface area contributed by atoms with E-state index in [1.807, 2.05) is 0 Å². The first-order valence-electron chi connectivity index (χ1n) is 14.4. The van der Waals surface area contributed by atoms with Gasteiger partial charge in [-0.2, -0.15) is 0 Å². The molecule has 0 N–H and O–H groups in total. The summed E-state index contributed by atoms with van der Waals surface area (Å²) in [5, 5.41) is 15.0. The monoisotopic (exact) mass is 533 g/mol. The Bertz CT molecular complexity index is 2740. The first-order chi connectivity index (χ1) is 20.8. The van der Waals surface area contributed by atoms with Crippen LogP contribution in [0.15, 0.2) is 144 Å². The second-order valence-electron chi connectivity index (χ2n) is 11.3. The summed E-state index contributed by atoms with van der Waals surface area (Å²) in [6, 6.07) is 50.6. The van der Waals surface area contributed by atoms with E-state index in [1.165, 1.54) is 64.9 Å². The van der Waals surface area contributed by atoms with E-state index in [9.17, 15) is 0 Å². The van der Waals surface area contributed by atoms with Gasteiger partial charge in [-0.1, -0.05) is 103 Å². The fraction of sp³-hybridized carbons (Fsp3) is 0. The highest BCUT2D eigenvalue weighted by Gasteiger charge is 2.20. The Labute approximate surface area is 240 Å². The average Bonchev–Trinajstić information content (AvgIpc) is 3.58. The molecule has 0 spiro atoms. The Morgan fingerprint density at radius 2 is 1.05 bits per heavy atom. The van der Waals surface area contributed by atoms with Crippen LogP contribution in [0.2, 0.25) is 0 Å². The Balaban J connectivity index is 1.40. The number of para-hydroxylation sites is 1. The van der Waals surface area contributed by atoms with Crippen LogP contribution in [0.1, 0.15) is 0 Å². The number of benzene rings is 8. The summed E-state index contributed by atoms with van der Waals surface area (Å²) in [6.07, 6.45) is 0. The molecule has 0 aliphatic carbocycles. The van der Waals surface area contributed by atoms with Crippen molar-refractivity contribution < 1.29 is 4.42 Å². The lowest BCUT2D eigenvalue weighted by molar-refractivity contribution is 0.669. The number of hydrogen-bond donors (Lipinski definition) is 0. The van der Waals surface area contributed by atoms with Gasteiger partial charge in [0, 0.05) is 32.6 Å². The highest BCUT2D eigenvalue weighted by molar-refractivity contribution is 6.36. The van der Waals surface area contributed by atoms with Crippen molar-refractivity contribution in [3.8, 4) is 5.69 Å². The fourth-order valence-electron chi connectivity index (χ4n) is 7.30. The molecular formula is C40H23NO. The molecule has 0 aliphatic heterocycles. The maximum absolute atomic E-state index is 6.37. The lowest BCUT2D eigenvalue weighted by atomic mass is 9.93. The molecule has 10 aromatic rings. The lowest BCUT2D eigenvalue weighted by Crippen LogP contribution is -1.95. The highest BCUT2D eigenvalue weighted by Crippen LogP contribution is 2.45. The summed E-state index contributed by atoms with van der Waals surface area (Å²) in [5.41, 5.74) is 5.41. The first-order valence-corrected chi connectivity index (χ1v) is 14.4. The molecule has 2 heterocycles. The number of nitrogens with zero attached hydrogens (tertiary/aromatic N) is 1. The lowest BCUT2D eigenvalue weighted by Gasteiger charge is -2.14. The van der Waals surface area contributed by atoms with Gasteiger partial charge >= 0.3 is 0 Å². The van der Waals surface area contributed by atoms with Gasteiger partial charge in [-0.25, -0.2) is 0 Å². The topological polar surface area (TPSA) is 18.1 Å². The van der Waals surface area contributed by atoms with E-state index in [-0.39, 0.29) is 0 Å². The molecule has 2 aromatic heterocycles. The molecule has 0 fully saturated rings. The molecule has 0 saturated carbocycles. The fourth-order valence-corrected chi connectivity index (χ4v) is 7.30. The molecule has 42 heavy (non-hydrogen) atoms. The van der Waals surface area contributed by atoms with E-state index in [0.29, 0.717) is 0 Å². The molecule has 2 nitrogen and oxygen atoms in total. The smallest absolute Gasteiger partial charge is 0.136 e. The normalized spacial score (nSPS) is 12.3. The molecule has 0 unspecified atom stereocenters. The Morgan fingerprint density at radius 1 is 0.381 bits per heavy atom. The Kier molecular flexibility index (Phi) is 4.21. The maximum Gasteiger partial charge on any atom is 0.136 e. The SMILES string of the molecule is c1ccc2cc3c(cc2c1)oc1ccc(-n2c4ccccc4c4c5ccc6ccccc6c5c5ccccc5c42)cc13. The molecule has 0 bridgehead atoms. The third-order valence-electron chi connectivity index (χ3n) is 9.10. The van der Waals surface area contributed by atoms with Crippen molar-refractivity contribution in [1.29, 1.82) is 0 Å². The van der Waals surface area contributed by atoms with Crippen molar-refractivity contribution in [2.75, 3.05) is 0 Å². The number of furan rings is 1.